The summed E-state index contributed by atoms with van der Waals surface area (Å²) in [5, 5.41) is 10.5. The molecule has 5 heteroatoms. The highest BCUT2D eigenvalue weighted by molar-refractivity contribution is 5.26. The van der Waals surface area contributed by atoms with Crippen molar-refractivity contribution in [3.8, 4) is 5.75 Å². The number of benzene rings is 2. The molecule has 1 N–H and O–H groups in total. The first-order valence-electron chi connectivity index (χ1n) is 9.54. The minimum Gasteiger partial charge on any atom is -0.491 e. The Hall–Kier alpha value is -1.95. The van der Waals surface area contributed by atoms with Gasteiger partial charge in [-0.2, -0.15) is 0 Å². The summed E-state index contributed by atoms with van der Waals surface area (Å²) in [6, 6.07) is 14.3. The average Bonchev–Trinajstić information content (AvgIpc) is 3.16. The Kier molecular flexibility index (Phi) is 7.21. The molecule has 0 bridgehead atoms. The van der Waals surface area contributed by atoms with E-state index in [1.54, 1.807) is 12.1 Å². The number of rotatable bonds is 9. The molecule has 1 fully saturated rings. The van der Waals surface area contributed by atoms with E-state index in [2.05, 4.69) is 4.90 Å². The molecular weight excluding hydrogens is 345 g/mol. The monoisotopic (exact) mass is 373 g/mol. The maximum atomic E-state index is 13.2. The van der Waals surface area contributed by atoms with Gasteiger partial charge >= 0.3 is 0 Å². The van der Waals surface area contributed by atoms with Gasteiger partial charge in [-0.3, -0.25) is 4.90 Å². The smallest absolute Gasteiger partial charge is 0.123 e. The normalized spacial score (nSPS) is 18.0. The first kappa shape index (κ1) is 19.8. The van der Waals surface area contributed by atoms with Crippen LogP contribution in [-0.4, -0.2) is 48.5 Å². The molecule has 3 rings (SSSR count). The van der Waals surface area contributed by atoms with Gasteiger partial charge in [-0.15, -0.1) is 0 Å². The molecule has 0 spiro atoms. The first-order valence-corrected chi connectivity index (χ1v) is 9.54. The van der Waals surface area contributed by atoms with Crippen molar-refractivity contribution < 1.29 is 19.0 Å². The van der Waals surface area contributed by atoms with Crippen LogP contribution in [0.3, 0.4) is 0 Å². The predicted octanol–water partition coefficient (Wildman–Crippen LogP) is 3.56. The van der Waals surface area contributed by atoms with Gasteiger partial charge in [-0.05, 0) is 49.6 Å². The third kappa shape index (κ3) is 6.61. The summed E-state index contributed by atoms with van der Waals surface area (Å²) >= 11 is 0. The molecule has 0 aromatic heterocycles. The molecule has 0 radical (unpaired) electrons. The Morgan fingerprint density at radius 1 is 1.19 bits per heavy atom. The van der Waals surface area contributed by atoms with E-state index in [9.17, 15) is 9.50 Å². The lowest BCUT2D eigenvalue weighted by Crippen LogP contribution is -2.39. The van der Waals surface area contributed by atoms with Crippen molar-refractivity contribution in [2.45, 2.75) is 38.5 Å². The maximum Gasteiger partial charge on any atom is 0.123 e. The van der Waals surface area contributed by atoms with Crippen molar-refractivity contribution in [3.63, 3.8) is 0 Å². The van der Waals surface area contributed by atoms with Gasteiger partial charge in [0, 0.05) is 26.2 Å². The van der Waals surface area contributed by atoms with E-state index in [1.807, 2.05) is 31.2 Å². The molecule has 1 saturated heterocycles. The highest BCUT2D eigenvalue weighted by Crippen LogP contribution is 2.16. The Bertz CT molecular complexity index is 684. The Balaban J connectivity index is 1.55. The third-order valence-electron chi connectivity index (χ3n) is 4.74. The van der Waals surface area contributed by atoms with Crippen LogP contribution in [0, 0.1) is 12.7 Å². The van der Waals surface area contributed by atoms with Crippen molar-refractivity contribution in [3.05, 3.63) is 65.5 Å². The molecule has 0 saturated carbocycles. The molecule has 2 aromatic rings. The van der Waals surface area contributed by atoms with Crippen molar-refractivity contribution in [2.24, 2.45) is 0 Å². The molecule has 146 valence electrons. The van der Waals surface area contributed by atoms with E-state index in [1.165, 1.54) is 17.7 Å². The number of ether oxygens (including phenoxy) is 2. The number of nitrogens with zero attached hydrogens (tertiary/aromatic N) is 1. The van der Waals surface area contributed by atoms with E-state index >= 15 is 0 Å². The molecule has 0 aliphatic carbocycles. The zero-order valence-electron chi connectivity index (χ0n) is 15.8. The third-order valence-corrected chi connectivity index (χ3v) is 4.74. The second kappa shape index (κ2) is 9.83. The SMILES string of the molecule is Cc1ccc(OCC(O)CN(Cc2ccc(F)cc2)CC2CCCO2)cc1. The zero-order chi connectivity index (χ0) is 19.1. The van der Waals surface area contributed by atoms with Gasteiger partial charge in [0.05, 0.1) is 6.10 Å². The minimum atomic E-state index is -0.617. The highest BCUT2D eigenvalue weighted by atomic mass is 19.1. The van der Waals surface area contributed by atoms with Gasteiger partial charge < -0.3 is 14.6 Å². The molecular formula is C22H28FNO3. The fraction of sp³-hybridized carbons (Fsp3) is 0.455. The predicted molar refractivity (Wildman–Crippen MR) is 103 cm³/mol. The van der Waals surface area contributed by atoms with Crippen LogP contribution >= 0.6 is 0 Å². The summed E-state index contributed by atoms with van der Waals surface area (Å²) in [5.41, 5.74) is 2.19. The number of aliphatic hydroxyl groups excluding tert-OH is 1. The van der Waals surface area contributed by atoms with Crippen LogP contribution in [0.15, 0.2) is 48.5 Å². The molecule has 2 unspecified atom stereocenters. The first-order chi connectivity index (χ1) is 13.1. The minimum absolute atomic E-state index is 0.190. The fourth-order valence-electron chi connectivity index (χ4n) is 3.31. The lowest BCUT2D eigenvalue weighted by atomic mass is 10.1. The van der Waals surface area contributed by atoms with E-state index in [-0.39, 0.29) is 18.5 Å². The number of aryl methyl sites for hydroxylation is 1. The van der Waals surface area contributed by atoms with Gasteiger partial charge in [0.25, 0.3) is 0 Å². The largest absolute Gasteiger partial charge is 0.491 e. The van der Waals surface area contributed by atoms with Crippen molar-refractivity contribution in [1.29, 1.82) is 0 Å². The Morgan fingerprint density at radius 2 is 1.93 bits per heavy atom. The number of aliphatic hydroxyl groups is 1. The van der Waals surface area contributed by atoms with Crippen LogP contribution < -0.4 is 4.74 Å². The molecule has 2 atom stereocenters. The molecule has 1 aliphatic rings. The summed E-state index contributed by atoms with van der Waals surface area (Å²) in [4.78, 5) is 2.16. The van der Waals surface area contributed by atoms with Crippen molar-refractivity contribution in [1.82, 2.24) is 4.90 Å². The fourth-order valence-corrected chi connectivity index (χ4v) is 3.31. The topological polar surface area (TPSA) is 41.9 Å². The average molecular weight is 373 g/mol. The molecule has 1 aliphatic heterocycles. The van der Waals surface area contributed by atoms with Crippen molar-refractivity contribution >= 4 is 0 Å². The van der Waals surface area contributed by atoms with Gasteiger partial charge in [-0.25, -0.2) is 4.39 Å². The van der Waals surface area contributed by atoms with Gasteiger partial charge in [0.15, 0.2) is 0 Å². The maximum absolute atomic E-state index is 13.2. The van der Waals surface area contributed by atoms with E-state index in [0.717, 1.165) is 37.3 Å². The second-order valence-electron chi connectivity index (χ2n) is 7.23. The summed E-state index contributed by atoms with van der Waals surface area (Å²) in [7, 11) is 0. The van der Waals surface area contributed by atoms with Crippen LogP contribution in [0.5, 0.6) is 5.75 Å². The lowest BCUT2D eigenvalue weighted by molar-refractivity contribution is 0.0313. The summed E-state index contributed by atoms with van der Waals surface area (Å²) in [6.45, 7) is 4.92. The molecule has 27 heavy (non-hydrogen) atoms. The summed E-state index contributed by atoms with van der Waals surface area (Å²) in [5.74, 6) is 0.514. The van der Waals surface area contributed by atoms with Crippen LogP contribution in [0.1, 0.15) is 24.0 Å². The summed E-state index contributed by atoms with van der Waals surface area (Å²) in [6.07, 6.45) is 1.69. The second-order valence-corrected chi connectivity index (χ2v) is 7.23. The number of halogens is 1. The lowest BCUT2D eigenvalue weighted by Gasteiger charge is -2.27. The van der Waals surface area contributed by atoms with Crippen LogP contribution in [0.2, 0.25) is 0 Å². The number of hydrogen-bond donors (Lipinski definition) is 1. The van der Waals surface area contributed by atoms with Gasteiger partial charge in [0.2, 0.25) is 0 Å². The molecule has 2 aromatic carbocycles. The molecule has 0 amide bonds. The van der Waals surface area contributed by atoms with Crippen molar-refractivity contribution in [2.75, 3.05) is 26.3 Å². The standard InChI is InChI=1S/C22H28FNO3/c1-17-4-10-21(11-5-17)27-16-20(25)14-24(15-22-3-2-12-26-22)13-18-6-8-19(23)9-7-18/h4-11,20,22,25H,2-3,12-16H2,1H3. The van der Waals surface area contributed by atoms with E-state index < -0.39 is 6.10 Å². The Morgan fingerprint density at radius 3 is 2.59 bits per heavy atom. The van der Waals surface area contributed by atoms with Gasteiger partial charge in [0.1, 0.15) is 24.3 Å². The summed E-state index contributed by atoms with van der Waals surface area (Å²) < 4.78 is 24.6. The van der Waals surface area contributed by atoms with E-state index in [0.29, 0.717) is 13.1 Å². The highest BCUT2D eigenvalue weighted by Gasteiger charge is 2.21. The zero-order valence-corrected chi connectivity index (χ0v) is 15.8. The Labute approximate surface area is 160 Å². The number of hydrogen-bond acceptors (Lipinski definition) is 4. The van der Waals surface area contributed by atoms with Crippen LogP contribution in [0.25, 0.3) is 0 Å². The van der Waals surface area contributed by atoms with Crippen LogP contribution in [-0.2, 0) is 11.3 Å². The molecule has 1 heterocycles. The van der Waals surface area contributed by atoms with Crippen LogP contribution in [0.4, 0.5) is 4.39 Å². The van der Waals surface area contributed by atoms with Gasteiger partial charge in [-0.1, -0.05) is 29.8 Å². The van der Waals surface area contributed by atoms with E-state index in [4.69, 9.17) is 9.47 Å². The molecule has 4 nitrogen and oxygen atoms in total. The quantitative estimate of drug-likeness (QED) is 0.730.